The molecule has 0 radical (unpaired) electrons. The minimum atomic E-state index is -0.0719. The molecule has 0 aliphatic rings. The lowest BCUT2D eigenvalue weighted by atomic mass is 10.0. The zero-order chi connectivity index (χ0) is 11.7. The average Bonchev–Trinajstić information content (AvgIpc) is 2.68. The Morgan fingerprint density at radius 2 is 1.94 bits per heavy atom. The molecule has 1 aromatic heterocycles. The zero-order valence-corrected chi connectivity index (χ0v) is 10.9. The van der Waals surface area contributed by atoms with Crippen LogP contribution in [0.2, 0.25) is 5.02 Å². The summed E-state index contributed by atoms with van der Waals surface area (Å²) in [7, 11) is 0. The molecule has 2 N–H and O–H groups in total. The van der Waals surface area contributed by atoms with Crippen molar-refractivity contribution in [1.82, 2.24) is 0 Å². The van der Waals surface area contributed by atoms with Gasteiger partial charge >= 0.3 is 0 Å². The van der Waals surface area contributed by atoms with Crippen LogP contribution < -0.4 is 5.73 Å². The van der Waals surface area contributed by atoms with Gasteiger partial charge < -0.3 is 5.73 Å². The maximum Gasteiger partial charge on any atom is 0.0649 e. The van der Waals surface area contributed by atoms with Gasteiger partial charge in [-0.1, -0.05) is 23.7 Å². The van der Waals surface area contributed by atoms with Crippen LogP contribution in [0.1, 0.15) is 26.9 Å². The maximum atomic E-state index is 6.25. The van der Waals surface area contributed by atoms with E-state index in [-0.39, 0.29) is 6.04 Å². The number of halogens is 1. The van der Waals surface area contributed by atoms with E-state index < -0.39 is 0 Å². The van der Waals surface area contributed by atoms with Gasteiger partial charge in [-0.2, -0.15) is 0 Å². The fourth-order valence-electron chi connectivity index (χ4n) is 1.73. The lowest BCUT2D eigenvalue weighted by molar-refractivity contribution is 0.883. The molecule has 0 spiro atoms. The van der Waals surface area contributed by atoms with E-state index in [1.54, 1.807) is 11.3 Å². The van der Waals surface area contributed by atoms with E-state index in [2.05, 4.69) is 19.1 Å². The third kappa shape index (κ3) is 2.14. The minimum absolute atomic E-state index is 0.0719. The van der Waals surface area contributed by atoms with Crippen molar-refractivity contribution in [3.8, 4) is 0 Å². The predicted octanol–water partition coefficient (Wildman–Crippen LogP) is 4.07. The molecule has 0 amide bonds. The lowest BCUT2D eigenvalue weighted by Gasteiger charge is -2.14. The Morgan fingerprint density at radius 1 is 1.19 bits per heavy atom. The van der Waals surface area contributed by atoms with E-state index in [1.165, 1.54) is 9.75 Å². The van der Waals surface area contributed by atoms with Gasteiger partial charge in [0.2, 0.25) is 0 Å². The molecule has 2 rings (SSSR count). The Labute approximate surface area is 105 Å². The van der Waals surface area contributed by atoms with Crippen molar-refractivity contribution in [3.05, 3.63) is 56.2 Å². The largest absolute Gasteiger partial charge is 0.320 e. The first kappa shape index (κ1) is 11.6. The third-order valence-electron chi connectivity index (χ3n) is 2.71. The molecule has 1 nitrogen and oxygen atoms in total. The number of hydrogen-bond acceptors (Lipinski definition) is 2. The maximum absolute atomic E-state index is 6.25. The highest BCUT2D eigenvalue weighted by atomic mass is 35.5. The van der Waals surface area contributed by atoms with Crippen LogP contribution in [0.5, 0.6) is 0 Å². The second-order valence-corrected chi connectivity index (χ2v) is 5.61. The van der Waals surface area contributed by atoms with Crippen LogP contribution >= 0.6 is 22.9 Å². The third-order valence-corrected chi connectivity index (χ3v) is 4.21. The Balaban J connectivity index is 2.41. The van der Waals surface area contributed by atoms with Gasteiger partial charge in [-0.05, 0) is 43.2 Å². The number of aryl methyl sites for hydroxylation is 1. The van der Waals surface area contributed by atoms with Crippen molar-refractivity contribution in [2.75, 3.05) is 0 Å². The SMILES string of the molecule is Cc1ccc(C(N)c2cccc(Cl)c2C)s1. The van der Waals surface area contributed by atoms with E-state index in [0.717, 1.165) is 16.1 Å². The normalized spacial score (nSPS) is 12.8. The van der Waals surface area contributed by atoms with Crippen molar-refractivity contribution in [3.63, 3.8) is 0 Å². The molecule has 1 aromatic carbocycles. The summed E-state index contributed by atoms with van der Waals surface area (Å²) >= 11 is 7.84. The van der Waals surface area contributed by atoms with Crippen LogP contribution in [0, 0.1) is 13.8 Å². The van der Waals surface area contributed by atoms with Gasteiger partial charge in [0.1, 0.15) is 0 Å². The van der Waals surface area contributed by atoms with Crippen molar-refractivity contribution < 1.29 is 0 Å². The topological polar surface area (TPSA) is 26.0 Å². The summed E-state index contributed by atoms with van der Waals surface area (Å²) in [6, 6.07) is 10.0. The van der Waals surface area contributed by atoms with E-state index in [9.17, 15) is 0 Å². The standard InChI is InChI=1S/C13H14ClNS/c1-8-6-7-12(16-8)13(15)10-4-3-5-11(14)9(10)2/h3-7,13H,15H2,1-2H3. The molecule has 0 aliphatic heterocycles. The molecule has 0 fully saturated rings. The van der Waals surface area contributed by atoms with Crippen molar-refractivity contribution >= 4 is 22.9 Å². The van der Waals surface area contributed by atoms with Gasteiger partial charge in [0.15, 0.2) is 0 Å². The smallest absolute Gasteiger partial charge is 0.0649 e. The Hall–Kier alpha value is -0.830. The molecule has 0 saturated carbocycles. The molecule has 16 heavy (non-hydrogen) atoms. The molecule has 0 bridgehead atoms. The van der Waals surface area contributed by atoms with Gasteiger partial charge in [-0.25, -0.2) is 0 Å². The van der Waals surface area contributed by atoms with E-state index in [4.69, 9.17) is 17.3 Å². The summed E-state index contributed by atoms with van der Waals surface area (Å²) < 4.78 is 0. The summed E-state index contributed by atoms with van der Waals surface area (Å²) in [5.74, 6) is 0. The number of benzene rings is 1. The fourth-order valence-corrected chi connectivity index (χ4v) is 2.81. The summed E-state index contributed by atoms with van der Waals surface area (Å²) in [5.41, 5.74) is 8.43. The number of hydrogen-bond donors (Lipinski definition) is 1. The highest BCUT2D eigenvalue weighted by Gasteiger charge is 2.14. The highest BCUT2D eigenvalue weighted by molar-refractivity contribution is 7.12. The number of thiophene rings is 1. The highest BCUT2D eigenvalue weighted by Crippen LogP contribution is 2.30. The van der Waals surface area contributed by atoms with Crippen molar-refractivity contribution in [2.45, 2.75) is 19.9 Å². The van der Waals surface area contributed by atoms with Crippen molar-refractivity contribution in [1.29, 1.82) is 0 Å². The molecule has 3 heteroatoms. The summed E-state index contributed by atoms with van der Waals surface area (Å²) in [6.07, 6.45) is 0. The van der Waals surface area contributed by atoms with Crippen LogP contribution in [0.15, 0.2) is 30.3 Å². The Kier molecular flexibility index (Phi) is 3.33. The first-order valence-corrected chi connectivity index (χ1v) is 6.36. The van der Waals surface area contributed by atoms with Crippen LogP contribution in [-0.2, 0) is 0 Å². The second-order valence-electron chi connectivity index (χ2n) is 3.88. The molecule has 1 heterocycles. The number of nitrogens with two attached hydrogens (primary N) is 1. The van der Waals surface area contributed by atoms with Gasteiger partial charge in [0.25, 0.3) is 0 Å². The molecule has 0 saturated heterocycles. The van der Waals surface area contributed by atoms with E-state index >= 15 is 0 Å². The molecule has 1 atom stereocenters. The molecular weight excluding hydrogens is 238 g/mol. The Bertz CT molecular complexity index is 504. The van der Waals surface area contributed by atoms with Crippen molar-refractivity contribution in [2.24, 2.45) is 5.73 Å². The average molecular weight is 252 g/mol. The van der Waals surface area contributed by atoms with Gasteiger partial charge in [-0.15, -0.1) is 11.3 Å². The van der Waals surface area contributed by atoms with Gasteiger partial charge in [0.05, 0.1) is 6.04 Å². The minimum Gasteiger partial charge on any atom is -0.320 e. The summed E-state index contributed by atoms with van der Waals surface area (Å²) in [6.45, 7) is 4.10. The molecule has 1 unspecified atom stereocenters. The van der Waals surface area contributed by atoms with E-state index in [0.29, 0.717) is 0 Å². The van der Waals surface area contributed by atoms with Crippen LogP contribution in [0.25, 0.3) is 0 Å². The predicted molar refractivity (Wildman–Crippen MR) is 71.3 cm³/mol. The van der Waals surface area contributed by atoms with Crippen LogP contribution in [-0.4, -0.2) is 0 Å². The second kappa shape index (κ2) is 4.58. The number of rotatable bonds is 2. The lowest BCUT2D eigenvalue weighted by Crippen LogP contribution is -2.11. The first-order valence-electron chi connectivity index (χ1n) is 5.16. The van der Waals surface area contributed by atoms with Gasteiger partial charge in [-0.3, -0.25) is 0 Å². The zero-order valence-electron chi connectivity index (χ0n) is 9.33. The quantitative estimate of drug-likeness (QED) is 0.856. The van der Waals surface area contributed by atoms with Gasteiger partial charge in [0, 0.05) is 14.8 Å². The Morgan fingerprint density at radius 3 is 2.56 bits per heavy atom. The van der Waals surface area contributed by atoms with Crippen LogP contribution in [0.4, 0.5) is 0 Å². The molecule has 2 aromatic rings. The van der Waals surface area contributed by atoms with E-state index in [1.807, 2.05) is 25.1 Å². The molecular formula is C13H14ClNS. The molecule has 84 valence electrons. The summed E-state index contributed by atoms with van der Waals surface area (Å²) in [5, 5.41) is 0.779. The molecule has 0 aliphatic carbocycles. The first-order chi connectivity index (χ1) is 7.59. The van der Waals surface area contributed by atoms with Crippen LogP contribution in [0.3, 0.4) is 0 Å². The summed E-state index contributed by atoms with van der Waals surface area (Å²) in [4.78, 5) is 2.47. The monoisotopic (exact) mass is 251 g/mol. The fraction of sp³-hybridized carbons (Fsp3) is 0.231.